The maximum Gasteiger partial charge on any atom is 0.306 e. The zero-order valence-electron chi connectivity index (χ0n) is 15.4. The fourth-order valence-electron chi connectivity index (χ4n) is 3.39. The van der Waals surface area contributed by atoms with Crippen molar-refractivity contribution < 1.29 is 28.1 Å². The number of aromatic nitrogens is 1. The average Bonchev–Trinajstić information content (AvgIpc) is 3.17. The largest absolute Gasteiger partial charge is 0.454 e. The van der Waals surface area contributed by atoms with E-state index in [-0.39, 0.29) is 18.4 Å². The van der Waals surface area contributed by atoms with Crippen molar-refractivity contribution in [2.24, 2.45) is 0 Å². The number of nitro benzene ring substituents is 1. The molecule has 3 aromatic rings. The molecule has 1 amide bonds. The van der Waals surface area contributed by atoms with E-state index in [4.69, 9.17) is 14.0 Å². The molecule has 9 nitrogen and oxygen atoms in total. The maximum atomic E-state index is 13.5. The topological polar surface area (TPSA) is 117 Å². The van der Waals surface area contributed by atoms with E-state index in [1.54, 1.807) is 24.3 Å². The number of carbonyl (C=O) groups is 1. The summed E-state index contributed by atoms with van der Waals surface area (Å²) in [7, 11) is 0. The van der Waals surface area contributed by atoms with Gasteiger partial charge in [-0.15, -0.1) is 0 Å². The molecule has 10 heteroatoms. The molecular formula is C20H14FN3O6. The molecule has 0 radical (unpaired) electrons. The second-order valence-electron chi connectivity index (χ2n) is 7.10. The van der Waals surface area contributed by atoms with E-state index in [0.717, 1.165) is 17.7 Å². The molecule has 1 aromatic heterocycles. The lowest BCUT2D eigenvalue weighted by atomic mass is 10.00. The fourth-order valence-corrected chi connectivity index (χ4v) is 3.39. The van der Waals surface area contributed by atoms with Crippen LogP contribution in [-0.4, -0.2) is 22.8 Å². The quantitative estimate of drug-likeness (QED) is 0.501. The molecule has 2 heterocycles. The van der Waals surface area contributed by atoms with Crippen LogP contribution in [-0.2, 0) is 10.2 Å². The van der Waals surface area contributed by atoms with Crippen LogP contribution in [0.5, 0.6) is 11.5 Å². The van der Waals surface area contributed by atoms with Crippen LogP contribution in [0.3, 0.4) is 0 Å². The van der Waals surface area contributed by atoms with Crippen molar-refractivity contribution in [3.05, 3.63) is 64.1 Å². The number of rotatable bonds is 5. The van der Waals surface area contributed by atoms with Gasteiger partial charge in [-0.05, 0) is 43.2 Å². The Kier molecular flexibility index (Phi) is 3.95. The molecule has 2 aromatic carbocycles. The van der Waals surface area contributed by atoms with E-state index in [1.165, 1.54) is 6.07 Å². The van der Waals surface area contributed by atoms with Crippen LogP contribution < -0.4 is 14.8 Å². The van der Waals surface area contributed by atoms with E-state index in [2.05, 4.69) is 10.5 Å². The summed E-state index contributed by atoms with van der Waals surface area (Å²) in [6, 6.07) is 10.2. The number of nitrogens with one attached hydrogen (secondary N) is 1. The number of benzene rings is 2. The molecule has 152 valence electrons. The Hall–Kier alpha value is -3.95. The van der Waals surface area contributed by atoms with Crippen LogP contribution in [0.25, 0.3) is 11.3 Å². The van der Waals surface area contributed by atoms with Gasteiger partial charge in [-0.1, -0.05) is 5.16 Å². The molecular weight excluding hydrogens is 397 g/mol. The lowest BCUT2D eigenvalue weighted by molar-refractivity contribution is -0.387. The van der Waals surface area contributed by atoms with Crippen molar-refractivity contribution >= 4 is 17.3 Å². The van der Waals surface area contributed by atoms with Crippen molar-refractivity contribution in [2.75, 3.05) is 12.1 Å². The van der Waals surface area contributed by atoms with Gasteiger partial charge >= 0.3 is 5.69 Å². The summed E-state index contributed by atoms with van der Waals surface area (Å²) in [5.74, 6) is 0.366. The van der Waals surface area contributed by atoms with Crippen molar-refractivity contribution in [2.45, 2.75) is 18.3 Å². The molecule has 0 bridgehead atoms. The van der Waals surface area contributed by atoms with Gasteiger partial charge in [-0.3, -0.25) is 14.9 Å². The third-order valence-electron chi connectivity index (χ3n) is 5.24. The van der Waals surface area contributed by atoms with Crippen molar-refractivity contribution in [3.63, 3.8) is 0 Å². The molecule has 1 aliphatic heterocycles. The lowest BCUT2D eigenvalue weighted by Crippen LogP contribution is -2.28. The van der Waals surface area contributed by atoms with Gasteiger partial charge in [0.1, 0.15) is 0 Å². The summed E-state index contributed by atoms with van der Waals surface area (Å²) in [5, 5.41) is 17.6. The second-order valence-corrected chi connectivity index (χ2v) is 7.10. The van der Waals surface area contributed by atoms with Crippen LogP contribution in [0.1, 0.15) is 18.5 Å². The normalized spacial score (nSPS) is 15.6. The Morgan fingerprint density at radius 3 is 2.70 bits per heavy atom. The zero-order chi connectivity index (χ0) is 20.9. The van der Waals surface area contributed by atoms with Gasteiger partial charge in [0, 0.05) is 23.4 Å². The minimum Gasteiger partial charge on any atom is -0.454 e. The first-order valence-corrected chi connectivity index (χ1v) is 9.09. The number of nitrogens with zero attached hydrogens (tertiary/aromatic N) is 2. The Morgan fingerprint density at radius 2 is 1.93 bits per heavy atom. The Bertz CT molecular complexity index is 1190. The first-order valence-electron chi connectivity index (χ1n) is 9.09. The van der Waals surface area contributed by atoms with Crippen LogP contribution in [0.4, 0.5) is 15.8 Å². The van der Waals surface area contributed by atoms with Gasteiger partial charge in [0.25, 0.3) is 0 Å². The average molecular weight is 411 g/mol. The highest BCUT2D eigenvalue weighted by molar-refractivity contribution is 6.01. The minimum absolute atomic E-state index is 0.138. The number of hydrogen-bond donors (Lipinski definition) is 1. The van der Waals surface area contributed by atoms with Gasteiger partial charge in [-0.2, -0.15) is 4.39 Å². The van der Waals surface area contributed by atoms with Gasteiger partial charge in [0.05, 0.1) is 16.0 Å². The molecule has 1 N–H and O–H groups in total. The third kappa shape index (κ3) is 2.93. The molecule has 0 spiro atoms. The molecule has 5 rings (SSSR count). The van der Waals surface area contributed by atoms with E-state index in [9.17, 15) is 19.3 Å². The predicted octanol–water partition coefficient (Wildman–Crippen LogP) is 3.79. The summed E-state index contributed by atoms with van der Waals surface area (Å²) in [6.45, 7) is 0.158. The molecule has 1 aliphatic carbocycles. The summed E-state index contributed by atoms with van der Waals surface area (Å²) in [4.78, 5) is 22.9. The molecule has 1 saturated carbocycles. The lowest BCUT2D eigenvalue weighted by Gasteiger charge is -2.12. The molecule has 30 heavy (non-hydrogen) atoms. The van der Waals surface area contributed by atoms with E-state index < -0.39 is 21.8 Å². The number of anilines is 1. The zero-order valence-corrected chi connectivity index (χ0v) is 15.4. The Morgan fingerprint density at radius 1 is 1.13 bits per heavy atom. The number of amides is 1. The third-order valence-corrected chi connectivity index (χ3v) is 5.24. The first-order chi connectivity index (χ1) is 14.5. The molecule has 0 atom stereocenters. The van der Waals surface area contributed by atoms with Gasteiger partial charge in [-0.25, -0.2) is 0 Å². The van der Waals surface area contributed by atoms with Crippen molar-refractivity contribution in [1.29, 1.82) is 0 Å². The highest BCUT2D eigenvalue weighted by atomic mass is 19.1. The number of ether oxygens (including phenoxy) is 2. The SMILES string of the molecule is O=C(Nc1ccc(F)c([N+](=O)[O-])c1)C1(c2cc(-c3ccc4c(c3)OCO4)on2)CC1. The number of carbonyl (C=O) groups excluding carboxylic acids is 1. The van der Waals surface area contributed by atoms with Gasteiger partial charge < -0.3 is 19.3 Å². The van der Waals surface area contributed by atoms with Crippen LogP contribution in [0, 0.1) is 15.9 Å². The first kappa shape index (κ1) is 18.1. The Labute approximate surface area is 168 Å². The smallest absolute Gasteiger partial charge is 0.306 e. The minimum atomic E-state index is -0.969. The highest BCUT2D eigenvalue weighted by Gasteiger charge is 2.54. The molecule has 0 saturated heterocycles. The predicted molar refractivity (Wildman–Crippen MR) is 101 cm³/mol. The second kappa shape index (κ2) is 6.55. The highest BCUT2D eigenvalue weighted by Crippen LogP contribution is 2.49. The summed E-state index contributed by atoms with van der Waals surface area (Å²) >= 11 is 0. The van der Waals surface area contributed by atoms with E-state index in [1.807, 2.05) is 0 Å². The summed E-state index contributed by atoms with van der Waals surface area (Å²) < 4.78 is 29.6. The standard InChI is InChI=1S/C20H14FN3O6/c21-13-3-2-12(8-14(13)24(26)27)22-19(25)20(5-6-20)18-9-16(30-23-18)11-1-4-15-17(7-11)29-10-28-15/h1-4,7-9H,5-6,10H2,(H,22,25). The van der Waals surface area contributed by atoms with E-state index >= 15 is 0 Å². The number of halogens is 1. The molecule has 0 unspecified atom stereocenters. The molecule has 2 aliphatic rings. The maximum absolute atomic E-state index is 13.5. The van der Waals surface area contributed by atoms with Crippen LogP contribution >= 0.6 is 0 Å². The Balaban J connectivity index is 1.38. The van der Waals surface area contributed by atoms with Crippen LogP contribution in [0.2, 0.25) is 0 Å². The molecule has 1 fully saturated rings. The number of fused-ring (bicyclic) bond motifs is 1. The monoisotopic (exact) mass is 411 g/mol. The fraction of sp³-hybridized carbons (Fsp3) is 0.200. The number of hydrogen-bond acceptors (Lipinski definition) is 7. The van der Waals surface area contributed by atoms with Crippen molar-refractivity contribution in [1.82, 2.24) is 5.16 Å². The van der Waals surface area contributed by atoms with Crippen LogP contribution in [0.15, 0.2) is 47.0 Å². The van der Waals surface area contributed by atoms with E-state index in [0.29, 0.717) is 35.8 Å². The summed E-state index contributed by atoms with van der Waals surface area (Å²) in [5.41, 5.74) is -0.267. The van der Waals surface area contributed by atoms with Crippen molar-refractivity contribution in [3.8, 4) is 22.8 Å². The van der Waals surface area contributed by atoms with Gasteiger partial charge in [0.2, 0.25) is 18.5 Å². The summed E-state index contributed by atoms with van der Waals surface area (Å²) in [6.07, 6.45) is 1.10. The number of nitro groups is 1. The van der Waals surface area contributed by atoms with Gasteiger partial charge in [0.15, 0.2) is 17.3 Å².